The predicted molar refractivity (Wildman–Crippen MR) is 58.0 cm³/mol. The van der Waals surface area contributed by atoms with Crippen LogP contribution in [0, 0.1) is 0 Å². The first-order chi connectivity index (χ1) is 7.25. The zero-order valence-corrected chi connectivity index (χ0v) is 9.45. The molecule has 0 aliphatic carbocycles. The van der Waals surface area contributed by atoms with Crippen molar-refractivity contribution in [1.29, 1.82) is 0 Å². The van der Waals surface area contributed by atoms with E-state index in [0.717, 1.165) is 25.9 Å². The molecule has 1 heterocycles. The molecule has 1 saturated heterocycles. The Hall–Kier alpha value is -0.610. The lowest BCUT2D eigenvalue weighted by molar-refractivity contribution is -0.144. The van der Waals surface area contributed by atoms with Crippen LogP contribution >= 0.6 is 0 Å². The molecule has 1 aliphatic heterocycles. The number of carboxylic acids is 1. The van der Waals surface area contributed by atoms with Crippen LogP contribution in [0.3, 0.4) is 0 Å². The Labute approximate surface area is 91.2 Å². The third-order valence-electron chi connectivity index (χ3n) is 2.96. The van der Waals surface area contributed by atoms with Gasteiger partial charge in [-0.15, -0.1) is 0 Å². The second-order valence-corrected chi connectivity index (χ2v) is 4.09. The molecule has 0 spiro atoms. The molecule has 15 heavy (non-hydrogen) atoms. The second-order valence-electron chi connectivity index (χ2n) is 4.09. The molecule has 0 aromatic heterocycles. The van der Waals surface area contributed by atoms with Crippen LogP contribution in [0.1, 0.15) is 32.1 Å². The van der Waals surface area contributed by atoms with Gasteiger partial charge in [0.15, 0.2) is 0 Å². The number of rotatable bonds is 5. The van der Waals surface area contributed by atoms with Crippen molar-refractivity contribution in [3.05, 3.63) is 0 Å². The second kappa shape index (κ2) is 6.80. The summed E-state index contributed by atoms with van der Waals surface area (Å²) in [6.45, 7) is 2.36. The molecule has 0 radical (unpaired) electrons. The number of hydrogen-bond donors (Lipinski definition) is 1. The maximum atomic E-state index is 11.1. The van der Waals surface area contributed by atoms with Crippen molar-refractivity contribution in [3.8, 4) is 0 Å². The van der Waals surface area contributed by atoms with E-state index in [1.807, 2.05) is 0 Å². The van der Waals surface area contributed by atoms with Gasteiger partial charge in [-0.05, 0) is 32.4 Å². The number of carbonyl (C=O) groups is 1. The normalized spacial score (nSPS) is 20.9. The van der Waals surface area contributed by atoms with Crippen LogP contribution in [-0.2, 0) is 9.53 Å². The fourth-order valence-corrected chi connectivity index (χ4v) is 2.10. The molecule has 88 valence electrons. The number of carboxylic acid groups (broad SMARTS) is 1. The summed E-state index contributed by atoms with van der Waals surface area (Å²) in [6.07, 6.45) is 5.29. The quantitative estimate of drug-likeness (QED) is 0.752. The molecule has 1 fully saturated rings. The Bertz CT molecular complexity index is 188. The maximum Gasteiger partial charge on any atom is 0.321 e. The van der Waals surface area contributed by atoms with Gasteiger partial charge in [-0.2, -0.15) is 0 Å². The van der Waals surface area contributed by atoms with Crippen molar-refractivity contribution in [2.75, 3.05) is 26.8 Å². The summed E-state index contributed by atoms with van der Waals surface area (Å²) < 4.78 is 4.95. The van der Waals surface area contributed by atoms with Crippen LogP contribution in [0.25, 0.3) is 0 Å². The SMILES string of the molecule is COCCC(C(=O)O)N1CCCCCC1. The van der Waals surface area contributed by atoms with E-state index in [1.165, 1.54) is 12.8 Å². The molecule has 1 atom stereocenters. The molecule has 4 nitrogen and oxygen atoms in total. The van der Waals surface area contributed by atoms with E-state index in [1.54, 1.807) is 7.11 Å². The molecule has 0 amide bonds. The van der Waals surface area contributed by atoms with Crippen molar-refractivity contribution in [2.24, 2.45) is 0 Å². The van der Waals surface area contributed by atoms with E-state index in [4.69, 9.17) is 9.84 Å². The number of hydrogen-bond acceptors (Lipinski definition) is 3. The summed E-state index contributed by atoms with van der Waals surface area (Å²) in [7, 11) is 1.61. The van der Waals surface area contributed by atoms with Gasteiger partial charge in [0.05, 0.1) is 0 Å². The molecule has 0 aromatic rings. The molecule has 0 saturated carbocycles. The van der Waals surface area contributed by atoms with E-state index < -0.39 is 5.97 Å². The Kier molecular flexibility index (Phi) is 5.65. The number of methoxy groups -OCH3 is 1. The number of likely N-dealkylation sites (tertiary alicyclic amines) is 1. The Morgan fingerprint density at radius 3 is 2.40 bits per heavy atom. The first-order valence-corrected chi connectivity index (χ1v) is 5.71. The average molecular weight is 215 g/mol. The van der Waals surface area contributed by atoms with E-state index in [0.29, 0.717) is 13.0 Å². The van der Waals surface area contributed by atoms with Crippen LogP contribution in [-0.4, -0.2) is 48.8 Å². The molecule has 4 heteroatoms. The lowest BCUT2D eigenvalue weighted by Crippen LogP contribution is -2.42. The topological polar surface area (TPSA) is 49.8 Å². The summed E-state index contributed by atoms with van der Waals surface area (Å²) in [4.78, 5) is 13.2. The largest absolute Gasteiger partial charge is 0.480 e. The monoisotopic (exact) mass is 215 g/mol. The predicted octanol–water partition coefficient (Wildman–Crippen LogP) is 1.35. The summed E-state index contributed by atoms with van der Waals surface area (Å²) in [5.41, 5.74) is 0. The van der Waals surface area contributed by atoms with Crippen LogP contribution in [0.4, 0.5) is 0 Å². The van der Waals surface area contributed by atoms with Crippen molar-refractivity contribution >= 4 is 5.97 Å². The van der Waals surface area contributed by atoms with Crippen LogP contribution in [0.2, 0.25) is 0 Å². The van der Waals surface area contributed by atoms with Gasteiger partial charge in [0.1, 0.15) is 6.04 Å². The highest BCUT2D eigenvalue weighted by Gasteiger charge is 2.25. The molecule has 1 rings (SSSR count). The highest BCUT2D eigenvalue weighted by atomic mass is 16.5. The Morgan fingerprint density at radius 1 is 1.33 bits per heavy atom. The molecular formula is C11H21NO3. The Morgan fingerprint density at radius 2 is 1.93 bits per heavy atom. The fraction of sp³-hybridized carbons (Fsp3) is 0.909. The fourth-order valence-electron chi connectivity index (χ4n) is 2.10. The van der Waals surface area contributed by atoms with Crippen molar-refractivity contribution < 1.29 is 14.6 Å². The first kappa shape index (κ1) is 12.5. The minimum Gasteiger partial charge on any atom is -0.480 e. The van der Waals surface area contributed by atoms with Crippen LogP contribution in [0.5, 0.6) is 0 Å². The molecule has 1 unspecified atom stereocenters. The summed E-state index contributed by atoms with van der Waals surface area (Å²) in [5.74, 6) is -0.714. The lowest BCUT2D eigenvalue weighted by atomic mass is 10.1. The van der Waals surface area contributed by atoms with Gasteiger partial charge < -0.3 is 9.84 Å². The summed E-state index contributed by atoms with van der Waals surface area (Å²) in [5, 5.41) is 9.15. The van der Waals surface area contributed by atoms with Crippen molar-refractivity contribution in [3.63, 3.8) is 0 Å². The molecule has 1 N–H and O–H groups in total. The standard InChI is InChI=1S/C11H21NO3/c1-15-9-6-10(11(13)14)12-7-4-2-3-5-8-12/h10H,2-9H2,1H3,(H,13,14). The third kappa shape index (κ3) is 4.18. The zero-order chi connectivity index (χ0) is 11.1. The van der Waals surface area contributed by atoms with Gasteiger partial charge in [-0.3, -0.25) is 9.69 Å². The van der Waals surface area contributed by atoms with Gasteiger partial charge in [0.25, 0.3) is 0 Å². The first-order valence-electron chi connectivity index (χ1n) is 5.71. The van der Waals surface area contributed by atoms with Gasteiger partial charge in [-0.1, -0.05) is 12.8 Å². The molecule has 0 aromatic carbocycles. The minimum absolute atomic E-state index is 0.358. The lowest BCUT2D eigenvalue weighted by Gasteiger charge is -2.27. The van der Waals surface area contributed by atoms with Crippen LogP contribution < -0.4 is 0 Å². The van der Waals surface area contributed by atoms with E-state index >= 15 is 0 Å². The number of nitrogens with zero attached hydrogens (tertiary/aromatic N) is 1. The maximum absolute atomic E-state index is 11.1. The molecule has 0 bridgehead atoms. The van der Waals surface area contributed by atoms with E-state index in [-0.39, 0.29) is 6.04 Å². The van der Waals surface area contributed by atoms with Gasteiger partial charge in [0, 0.05) is 13.7 Å². The highest BCUT2D eigenvalue weighted by Crippen LogP contribution is 2.14. The molecule has 1 aliphatic rings. The molecular weight excluding hydrogens is 194 g/mol. The average Bonchev–Trinajstić information content (AvgIpc) is 2.47. The van der Waals surface area contributed by atoms with Crippen molar-refractivity contribution in [2.45, 2.75) is 38.1 Å². The third-order valence-corrected chi connectivity index (χ3v) is 2.96. The highest BCUT2D eigenvalue weighted by molar-refractivity contribution is 5.73. The minimum atomic E-state index is -0.714. The van der Waals surface area contributed by atoms with Crippen molar-refractivity contribution in [1.82, 2.24) is 4.90 Å². The van der Waals surface area contributed by atoms with Gasteiger partial charge >= 0.3 is 5.97 Å². The van der Waals surface area contributed by atoms with E-state index in [9.17, 15) is 4.79 Å². The summed E-state index contributed by atoms with van der Waals surface area (Å²) in [6, 6.07) is -0.358. The van der Waals surface area contributed by atoms with E-state index in [2.05, 4.69) is 4.90 Å². The smallest absolute Gasteiger partial charge is 0.321 e. The van der Waals surface area contributed by atoms with Gasteiger partial charge in [0.2, 0.25) is 0 Å². The number of aliphatic carboxylic acids is 1. The number of ether oxygens (including phenoxy) is 1. The van der Waals surface area contributed by atoms with Crippen LogP contribution in [0.15, 0.2) is 0 Å². The summed E-state index contributed by atoms with van der Waals surface area (Å²) >= 11 is 0. The Balaban J connectivity index is 2.48. The zero-order valence-electron chi connectivity index (χ0n) is 9.45. The van der Waals surface area contributed by atoms with Gasteiger partial charge in [-0.25, -0.2) is 0 Å².